The molecule has 0 saturated carbocycles. The first-order valence-corrected chi connectivity index (χ1v) is 9.13. The van der Waals surface area contributed by atoms with Crippen LogP contribution in [0.2, 0.25) is 0 Å². The zero-order valence-corrected chi connectivity index (χ0v) is 16.5. The number of rotatable bonds is 9. The first kappa shape index (κ1) is 21.6. The molecule has 2 rings (SSSR count). The van der Waals surface area contributed by atoms with E-state index < -0.39 is 11.6 Å². The third-order valence-electron chi connectivity index (χ3n) is 4.30. The van der Waals surface area contributed by atoms with Crippen molar-refractivity contribution in [3.63, 3.8) is 0 Å². The van der Waals surface area contributed by atoms with E-state index in [1.807, 2.05) is 43.3 Å². The van der Waals surface area contributed by atoms with Gasteiger partial charge >= 0.3 is 6.03 Å². The summed E-state index contributed by atoms with van der Waals surface area (Å²) in [4.78, 5) is 16.4. The molecular formula is C21H27F2N3O2. The molecule has 2 aromatic rings. The van der Waals surface area contributed by atoms with Crippen molar-refractivity contribution < 1.29 is 18.3 Å². The van der Waals surface area contributed by atoms with E-state index in [2.05, 4.69) is 5.32 Å². The fourth-order valence-corrected chi connectivity index (χ4v) is 2.70. The minimum Gasteiger partial charge on any atom is -0.497 e. The third-order valence-corrected chi connectivity index (χ3v) is 4.30. The fraction of sp³-hybridized carbons (Fsp3) is 0.381. The lowest BCUT2D eigenvalue weighted by molar-refractivity contribution is 0.189. The van der Waals surface area contributed by atoms with Crippen molar-refractivity contribution in [3.05, 3.63) is 65.2 Å². The molecule has 0 aliphatic heterocycles. The van der Waals surface area contributed by atoms with Gasteiger partial charge in [0.25, 0.3) is 0 Å². The lowest BCUT2D eigenvalue weighted by Gasteiger charge is -2.25. The van der Waals surface area contributed by atoms with Crippen LogP contribution < -0.4 is 10.1 Å². The second-order valence-electron chi connectivity index (χ2n) is 6.79. The number of nitrogens with zero attached hydrogens (tertiary/aromatic N) is 2. The monoisotopic (exact) mass is 391 g/mol. The molecule has 5 nitrogen and oxygen atoms in total. The van der Waals surface area contributed by atoms with Gasteiger partial charge in [0.1, 0.15) is 17.4 Å². The number of ether oxygens (including phenoxy) is 1. The molecule has 28 heavy (non-hydrogen) atoms. The summed E-state index contributed by atoms with van der Waals surface area (Å²) in [6, 6.07) is 10.8. The number of nitrogens with one attached hydrogen (secondary N) is 1. The Labute approximate surface area is 164 Å². The Bertz CT molecular complexity index is 784. The number of hydrogen-bond donors (Lipinski definition) is 1. The van der Waals surface area contributed by atoms with E-state index in [4.69, 9.17) is 4.74 Å². The van der Waals surface area contributed by atoms with Crippen LogP contribution in [0.4, 0.5) is 13.6 Å². The number of likely N-dealkylation sites (N-methyl/N-ethyl adjacent to an activating group) is 1. The van der Waals surface area contributed by atoms with Gasteiger partial charge in [-0.2, -0.15) is 0 Å². The lowest BCUT2D eigenvalue weighted by atomic mass is 10.1. The molecule has 0 aromatic heterocycles. The van der Waals surface area contributed by atoms with Crippen LogP contribution >= 0.6 is 0 Å². The fourth-order valence-electron chi connectivity index (χ4n) is 2.70. The van der Waals surface area contributed by atoms with E-state index in [0.717, 1.165) is 17.4 Å². The van der Waals surface area contributed by atoms with Crippen molar-refractivity contribution in [1.29, 1.82) is 0 Å². The second-order valence-corrected chi connectivity index (χ2v) is 6.79. The highest BCUT2D eigenvalue weighted by Gasteiger charge is 2.15. The molecule has 0 bridgehead atoms. The molecule has 0 saturated heterocycles. The maximum atomic E-state index is 13.7. The zero-order valence-electron chi connectivity index (χ0n) is 16.5. The molecule has 0 atom stereocenters. The van der Waals surface area contributed by atoms with Crippen molar-refractivity contribution >= 4 is 6.03 Å². The van der Waals surface area contributed by atoms with Crippen molar-refractivity contribution in [3.8, 4) is 5.75 Å². The quantitative estimate of drug-likeness (QED) is 0.714. The van der Waals surface area contributed by atoms with E-state index >= 15 is 0 Å². The maximum Gasteiger partial charge on any atom is 0.317 e. The number of methoxy groups -OCH3 is 1. The maximum absolute atomic E-state index is 13.7. The average Bonchev–Trinajstić information content (AvgIpc) is 2.66. The van der Waals surface area contributed by atoms with Crippen molar-refractivity contribution in [2.45, 2.75) is 13.0 Å². The Morgan fingerprint density at radius 3 is 2.57 bits per heavy atom. The normalized spacial score (nSPS) is 10.8. The summed E-state index contributed by atoms with van der Waals surface area (Å²) in [7, 11) is 5.49. The molecule has 0 unspecified atom stereocenters. The van der Waals surface area contributed by atoms with Crippen LogP contribution in [0.5, 0.6) is 5.75 Å². The van der Waals surface area contributed by atoms with Gasteiger partial charge in [-0.15, -0.1) is 0 Å². The standard InChI is InChI=1S/C21H27F2N3O2/c1-25(2)11-12-26(15-16-5-4-6-19(13-16)28-3)21(27)24-10-9-17-7-8-18(22)14-20(17)23/h4-8,13-14H,9-12,15H2,1-3H3,(H,24,27). The van der Waals surface area contributed by atoms with Crippen molar-refractivity contribution in [1.82, 2.24) is 15.1 Å². The molecule has 0 spiro atoms. The highest BCUT2D eigenvalue weighted by molar-refractivity contribution is 5.74. The molecule has 0 heterocycles. The Hall–Kier alpha value is -2.67. The summed E-state index contributed by atoms with van der Waals surface area (Å²) in [6.07, 6.45) is 0.290. The molecule has 152 valence electrons. The molecule has 0 aliphatic rings. The van der Waals surface area contributed by atoms with Crippen LogP contribution in [-0.2, 0) is 13.0 Å². The van der Waals surface area contributed by atoms with Gasteiger partial charge in [0, 0.05) is 32.2 Å². The summed E-state index contributed by atoms with van der Waals surface area (Å²) >= 11 is 0. The van der Waals surface area contributed by atoms with Gasteiger partial charge in [0.2, 0.25) is 0 Å². The van der Waals surface area contributed by atoms with Crippen LogP contribution in [0, 0.1) is 11.6 Å². The van der Waals surface area contributed by atoms with E-state index in [1.54, 1.807) is 12.0 Å². The minimum absolute atomic E-state index is 0.229. The van der Waals surface area contributed by atoms with E-state index in [9.17, 15) is 13.6 Å². The van der Waals surface area contributed by atoms with Crippen LogP contribution in [0.3, 0.4) is 0 Å². The van der Waals surface area contributed by atoms with Crippen LogP contribution in [0.25, 0.3) is 0 Å². The summed E-state index contributed by atoms with van der Waals surface area (Å²) in [5, 5.41) is 2.82. The van der Waals surface area contributed by atoms with E-state index in [0.29, 0.717) is 31.6 Å². The predicted molar refractivity (Wildman–Crippen MR) is 105 cm³/mol. The largest absolute Gasteiger partial charge is 0.497 e. The second kappa shape index (κ2) is 10.6. The van der Waals surface area contributed by atoms with Crippen molar-refractivity contribution in [2.75, 3.05) is 40.8 Å². The summed E-state index contributed by atoms with van der Waals surface area (Å²) in [6.45, 7) is 1.95. The van der Waals surface area contributed by atoms with Gasteiger partial charge < -0.3 is 19.9 Å². The highest BCUT2D eigenvalue weighted by Crippen LogP contribution is 2.15. The smallest absolute Gasteiger partial charge is 0.317 e. The SMILES string of the molecule is COc1cccc(CN(CCN(C)C)C(=O)NCCc2ccc(F)cc2F)c1. The number of carbonyl (C=O) groups is 1. The Morgan fingerprint density at radius 1 is 1.11 bits per heavy atom. The van der Waals surface area contributed by atoms with Gasteiger partial charge in [-0.3, -0.25) is 0 Å². The van der Waals surface area contributed by atoms with Crippen LogP contribution in [0.15, 0.2) is 42.5 Å². The van der Waals surface area contributed by atoms with Crippen LogP contribution in [0.1, 0.15) is 11.1 Å². The average molecular weight is 391 g/mol. The molecular weight excluding hydrogens is 364 g/mol. The van der Waals surface area contributed by atoms with Gasteiger partial charge in [-0.05, 0) is 49.8 Å². The number of hydrogen-bond acceptors (Lipinski definition) is 3. The molecule has 2 aromatic carbocycles. The van der Waals surface area contributed by atoms with E-state index in [-0.39, 0.29) is 12.6 Å². The Balaban J connectivity index is 1.97. The Kier molecular flexibility index (Phi) is 8.19. The van der Waals surface area contributed by atoms with Gasteiger partial charge in [0.15, 0.2) is 0 Å². The van der Waals surface area contributed by atoms with E-state index in [1.165, 1.54) is 12.1 Å². The molecule has 0 fully saturated rings. The summed E-state index contributed by atoms with van der Waals surface area (Å²) in [5.41, 5.74) is 1.33. The summed E-state index contributed by atoms with van der Waals surface area (Å²) < 4.78 is 31.9. The highest BCUT2D eigenvalue weighted by atomic mass is 19.1. The lowest BCUT2D eigenvalue weighted by Crippen LogP contribution is -2.43. The first-order chi connectivity index (χ1) is 13.4. The van der Waals surface area contributed by atoms with Crippen LogP contribution in [-0.4, -0.2) is 56.7 Å². The minimum atomic E-state index is -0.613. The topological polar surface area (TPSA) is 44.8 Å². The summed E-state index contributed by atoms with van der Waals surface area (Å²) in [5.74, 6) is -0.481. The molecule has 7 heteroatoms. The number of benzene rings is 2. The van der Waals surface area contributed by atoms with Crippen molar-refractivity contribution in [2.24, 2.45) is 0 Å². The predicted octanol–water partition coefficient (Wildman–Crippen LogP) is 3.29. The number of halogens is 2. The van der Waals surface area contributed by atoms with Gasteiger partial charge in [-0.1, -0.05) is 18.2 Å². The van der Waals surface area contributed by atoms with Gasteiger partial charge in [0.05, 0.1) is 7.11 Å². The third kappa shape index (κ3) is 6.81. The number of urea groups is 1. The number of carbonyl (C=O) groups excluding carboxylic acids is 1. The molecule has 0 aliphatic carbocycles. The molecule has 2 amide bonds. The zero-order chi connectivity index (χ0) is 20.5. The van der Waals surface area contributed by atoms with Gasteiger partial charge in [-0.25, -0.2) is 13.6 Å². The molecule has 0 radical (unpaired) electrons. The molecule has 1 N–H and O–H groups in total. The Morgan fingerprint density at radius 2 is 1.89 bits per heavy atom. The first-order valence-electron chi connectivity index (χ1n) is 9.13. The number of amides is 2.